The normalized spacial score (nSPS) is 42.9. The lowest BCUT2D eigenvalue weighted by molar-refractivity contribution is -0.173. The minimum Gasteiger partial charge on any atom is -0.461 e. The van der Waals surface area contributed by atoms with E-state index < -0.39 is 0 Å². The van der Waals surface area contributed by atoms with E-state index in [-0.39, 0.29) is 47.3 Å². The van der Waals surface area contributed by atoms with Gasteiger partial charge in [-0.3, -0.25) is 9.59 Å². The van der Waals surface area contributed by atoms with Crippen molar-refractivity contribution in [1.29, 1.82) is 0 Å². The minimum atomic E-state index is -0.286. The summed E-state index contributed by atoms with van der Waals surface area (Å²) in [7, 11) is 0. The smallest absolute Gasteiger partial charge is 0.310 e. The van der Waals surface area contributed by atoms with Crippen LogP contribution in [0.5, 0.6) is 0 Å². The molecule has 4 aliphatic rings. The van der Waals surface area contributed by atoms with Crippen molar-refractivity contribution in [3.8, 4) is 0 Å². The van der Waals surface area contributed by atoms with Crippen molar-refractivity contribution in [2.45, 2.75) is 63.6 Å². The molecule has 1 heterocycles. The van der Waals surface area contributed by atoms with Gasteiger partial charge in [0.05, 0.1) is 11.8 Å². The van der Waals surface area contributed by atoms with Crippen LogP contribution < -0.4 is 0 Å². The van der Waals surface area contributed by atoms with E-state index >= 15 is 0 Å². The van der Waals surface area contributed by atoms with E-state index in [0.717, 1.165) is 38.5 Å². The van der Waals surface area contributed by atoms with Crippen LogP contribution in [0.15, 0.2) is 0 Å². The molecule has 115 valence electrons. The molecule has 0 spiro atoms. The van der Waals surface area contributed by atoms with Crippen LogP contribution in [0.2, 0.25) is 0 Å². The molecule has 5 atom stereocenters. The number of hydrogen-bond donors (Lipinski definition) is 0. The minimum absolute atomic E-state index is 0.0358. The maximum absolute atomic E-state index is 12.8. The summed E-state index contributed by atoms with van der Waals surface area (Å²) in [6, 6.07) is 0. The van der Waals surface area contributed by atoms with Crippen LogP contribution in [0.25, 0.3) is 0 Å². The average molecular weight is 291 g/mol. The highest BCUT2D eigenvalue weighted by Crippen LogP contribution is 2.57. The monoisotopic (exact) mass is 291 g/mol. The fraction of sp³-hybridized carbons (Fsp3) is 0.824. The van der Waals surface area contributed by atoms with E-state index in [0.29, 0.717) is 0 Å². The highest BCUT2D eigenvalue weighted by molar-refractivity contribution is 5.86. The van der Waals surface area contributed by atoms with Crippen LogP contribution in [0.3, 0.4) is 0 Å². The van der Waals surface area contributed by atoms with Gasteiger partial charge in [0.1, 0.15) is 11.7 Å². The molecule has 5 unspecified atom stereocenters. The van der Waals surface area contributed by atoms with Crippen molar-refractivity contribution in [2.24, 2.45) is 23.7 Å². The fourth-order valence-electron chi connectivity index (χ4n) is 5.05. The Balaban J connectivity index is 1.51. The number of rotatable bonds is 3. The second-order valence-corrected chi connectivity index (χ2v) is 7.23. The second-order valence-electron chi connectivity index (χ2n) is 7.23. The van der Waals surface area contributed by atoms with Gasteiger partial charge in [-0.2, -0.15) is 0 Å². The standard InChI is InChI=1S/C17H23O4/c1-2-17(6-4-3-5-7-17)21-16(19)13-10-8-11-12(9-10)20-15(18)14(11)13/h9-14H,2-8H2,1H3. The first-order chi connectivity index (χ1) is 10.1. The topological polar surface area (TPSA) is 52.6 Å². The van der Waals surface area contributed by atoms with Crippen LogP contribution in [-0.2, 0) is 19.1 Å². The maximum atomic E-state index is 12.8. The summed E-state index contributed by atoms with van der Waals surface area (Å²) in [5, 5.41) is 0. The number of esters is 2. The molecule has 3 saturated carbocycles. The van der Waals surface area contributed by atoms with Gasteiger partial charge in [-0.15, -0.1) is 0 Å². The molecule has 4 fully saturated rings. The van der Waals surface area contributed by atoms with Crippen molar-refractivity contribution in [3.05, 3.63) is 6.42 Å². The summed E-state index contributed by atoms with van der Waals surface area (Å²) >= 11 is 0. The quantitative estimate of drug-likeness (QED) is 0.750. The van der Waals surface area contributed by atoms with Gasteiger partial charge < -0.3 is 9.47 Å². The summed E-state index contributed by atoms with van der Waals surface area (Å²) in [6.07, 6.45) is 9.27. The zero-order valence-electron chi connectivity index (χ0n) is 12.5. The van der Waals surface area contributed by atoms with Gasteiger partial charge in [0.15, 0.2) is 0 Å². The Labute approximate surface area is 125 Å². The molecule has 0 aromatic heterocycles. The van der Waals surface area contributed by atoms with Crippen LogP contribution in [0.1, 0.15) is 51.9 Å². The zero-order valence-corrected chi connectivity index (χ0v) is 12.5. The Kier molecular flexibility index (Phi) is 3.05. The lowest BCUT2D eigenvalue weighted by Gasteiger charge is -2.37. The first-order valence-corrected chi connectivity index (χ1v) is 8.42. The van der Waals surface area contributed by atoms with Crippen molar-refractivity contribution < 1.29 is 19.1 Å². The lowest BCUT2D eigenvalue weighted by Crippen LogP contribution is -2.42. The highest BCUT2D eigenvalue weighted by atomic mass is 16.6. The molecule has 3 aliphatic carbocycles. The van der Waals surface area contributed by atoms with Gasteiger partial charge in [-0.1, -0.05) is 13.3 Å². The molecule has 1 radical (unpaired) electrons. The first kappa shape index (κ1) is 13.6. The Morgan fingerprint density at radius 3 is 2.86 bits per heavy atom. The molecule has 0 aromatic rings. The first-order valence-electron chi connectivity index (χ1n) is 8.42. The third-order valence-electron chi connectivity index (χ3n) is 6.24. The van der Waals surface area contributed by atoms with E-state index in [9.17, 15) is 9.59 Å². The number of carbonyl (C=O) groups excluding carboxylic acids is 2. The van der Waals surface area contributed by atoms with Gasteiger partial charge in [-0.05, 0) is 44.4 Å². The highest BCUT2D eigenvalue weighted by Gasteiger charge is 2.65. The van der Waals surface area contributed by atoms with Gasteiger partial charge in [0, 0.05) is 12.3 Å². The van der Waals surface area contributed by atoms with Gasteiger partial charge >= 0.3 is 11.9 Å². The molecule has 4 rings (SSSR count). The largest absolute Gasteiger partial charge is 0.461 e. The van der Waals surface area contributed by atoms with Crippen LogP contribution in [0, 0.1) is 30.1 Å². The number of fused-ring (bicyclic) bond motifs is 1. The summed E-state index contributed by atoms with van der Waals surface area (Å²) in [6.45, 7) is 2.10. The molecule has 2 bridgehead atoms. The van der Waals surface area contributed by atoms with Crippen LogP contribution in [-0.4, -0.2) is 23.6 Å². The van der Waals surface area contributed by atoms with Crippen molar-refractivity contribution >= 4 is 11.9 Å². The zero-order chi connectivity index (χ0) is 14.6. The number of hydrogen-bond acceptors (Lipinski definition) is 4. The summed E-state index contributed by atoms with van der Waals surface area (Å²) < 4.78 is 11.4. The molecular formula is C17H23O4. The van der Waals surface area contributed by atoms with E-state index in [1.807, 2.05) is 0 Å². The Bertz CT molecular complexity index is 463. The molecule has 21 heavy (non-hydrogen) atoms. The Hall–Kier alpha value is -1.06. The van der Waals surface area contributed by atoms with E-state index in [1.54, 1.807) is 0 Å². The van der Waals surface area contributed by atoms with Gasteiger partial charge in [-0.25, -0.2) is 0 Å². The molecular weight excluding hydrogens is 268 g/mol. The Morgan fingerprint density at radius 2 is 2.14 bits per heavy atom. The summed E-state index contributed by atoms with van der Waals surface area (Å²) in [4.78, 5) is 24.8. The Morgan fingerprint density at radius 1 is 1.38 bits per heavy atom. The summed E-state index contributed by atoms with van der Waals surface area (Å²) in [5.74, 6) is -0.450. The molecule has 0 amide bonds. The lowest BCUT2D eigenvalue weighted by atomic mass is 9.79. The predicted octanol–water partition coefficient (Wildman–Crippen LogP) is 2.65. The third kappa shape index (κ3) is 1.94. The molecule has 4 heteroatoms. The SMILES string of the molecule is CCC1(OC(=O)C2C3[CH]C4OC(=O)C2C4C3)CCCCC1. The van der Waals surface area contributed by atoms with Gasteiger partial charge in [0.25, 0.3) is 0 Å². The third-order valence-corrected chi connectivity index (χ3v) is 6.24. The fourth-order valence-corrected chi connectivity index (χ4v) is 5.05. The molecule has 1 aliphatic heterocycles. The van der Waals surface area contributed by atoms with E-state index in [4.69, 9.17) is 9.47 Å². The predicted molar refractivity (Wildman–Crippen MR) is 75.0 cm³/mol. The van der Waals surface area contributed by atoms with Crippen molar-refractivity contribution in [2.75, 3.05) is 0 Å². The van der Waals surface area contributed by atoms with Crippen molar-refractivity contribution in [3.63, 3.8) is 0 Å². The van der Waals surface area contributed by atoms with Crippen LogP contribution >= 0.6 is 0 Å². The molecule has 0 N–H and O–H groups in total. The van der Waals surface area contributed by atoms with E-state index in [2.05, 4.69) is 13.3 Å². The molecule has 4 nitrogen and oxygen atoms in total. The van der Waals surface area contributed by atoms with Crippen LogP contribution in [0.4, 0.5) is 0 Å². The van der Waals surface area contributed by atoms with Gasteiger partial charge in [0.2, 0.25) is 0 Å². The van der Waals surface area contributed by atoms with E-state index in [1.165, 1.54) is 6.42 Å². The number of ether oxygens (including phenoxy) is 2. The number of carbonyl (C=O) groups is 2. The average Bonchev–Trinajstić information content (AvgIpc) is 3.09. The molecule has 0 aromatic carbocycles. The maximum Gasteiger partial charge on any atom is 0.310 e. The summed E-state index contributed by atoms with van der Waals surface area (Å²) in [5.41, 5.74) is -0.279. The molecule has 1 saturated heterocycles. The second kappa shape index (κ2) is 4.72. The van der Waals surface area contributed by atoms with Crippen molar-refractivity contribution in [1.82, 2.24) is 0 Å².